The molecule has 1 aromatic carbocycles. The van der Waals surface area contributed by atoms with Crippen molar-refractivity contribution in [1.29, 1.82) is 0 Å². The van der Waals surface area contributed by atoms with Gasteiger partial charge in [0.25, 0.3) is 0 Å². The topological polar surface area (TPSA) is 62.0 Å². The van der Waals surface area contributed by atoms with Gasteiger partial charge in [-0.1, -0.05) is 18.2 Å². The van der Waals surface area contributed by atoms with Gasteiger partial charge in [0.05, 0.1) is 5.69 Å². The number of carbonyl (C=O) groups is 1. The molecule has 0 saturated carbocycles. The van der Waals surface area contributed by atoms with Gasteiger partial charge < -0.3 is 10.3 Å². The molecule has 0 atom stereocenters. The number of alkyl halides is 3. The van der Waals surface area contributed by atoms with Gasteiger partial charge in [-0.15, -0.1) is 0 Å². The van der Waals surface area contributed by atoms with E-state index in [1.807, 2.05) is 12.1 Å². The van der Waals surface area contributed by atoms with E-state index in [1.165, 1.54) is 6.07 Å². The van der Waals surface area contributed by atoms with Crippen LogP contribution in [-0.2, 0) is 4.79 Å². The van der Waals surface area contributed by atoms with Crippen molar-refractivity contribution in [2.75, 3.05) is 5.32 Å². The Labute approximate surface area is 121 Å². The molecule has 0 aromatic heterocycles. The number of hydrogen-bond acceptors (Lipinski definition) is 2. The summed E-state index contributed by atoms with van der Waals surface area (Å²) in [6.45, 7) is 0. The second-order valence-electron chi connectivity index (χ2n) is 4.71. The summed E-state index contributed by atoms with van der Waals surface area (Å²) < 4.78 is 36.8. The van der Waals surface area contributed by atoms with Crippen LogP contribution >= 0.6 is 0 Å². The van der Waals surface area contributed by atoms with Crippen LogP contribution in [0.3, 0.4) is 0 Å². The van der Waals surface area contributed by atoms with E-state index in [2.05, 4.69) is 4.98 Å². The molecular weight excluding hydrogens is 297 g/mol. The molecule has 0 bridgehead atoms. The lowest BCUT2D eigenvalue weighted by molar-refractivity contribution is -0.167. The van der Waals surface area contributed by atoms with Crippen molar-refractivity contribution in [3.8, 4) is 11.3 Å². The van der Waals surface area contributed by atoms with E-state index in [1.54, 1.807) is 23.5 Å². The standard InChI is InChI=1S/C15H9F3N2O2/c16-15(17,18)14(22)20-12-6-5-11-9(13(12)21)7-8-3-1-2-4-10(8)19-11/h1-7,19H,(H,20,22). The Bertz CT molecular complexity index is 899. The van der Waals surface area contributed by atoms with Gasteiger partial charge in [-0.3, -0.25) is 9.59 Å². The normalized spacial score (nSPS) is 11.8. The van der Waals surface area contributed by atoms with Crippen molar-refractivity contribution in [3.63, 3.8) is 0 Å². The van der Waals surface area contributed by atoms with E-state index in [4.69, 9.17) is 0 Å². The fraction of sp³-hybridized carbons (Fsp3) is 0.0667. The summed E-state index contributed by atoms with van der Waals surface area (Å²) in [4.78, 5) is 26.2. The Kier molecular flexibility index (Phi) is 3.13. The SMILES string of the molecule is O=C(Nc1ccc2[nH]c3ccccc3cc-2c1=O)C(F)(F)F. The molecule has 1 aliphatic heterocycles. The zero-order valence-corrected chi connectivity index (χ0v) is 11.0. The highest BCUT2D eigenvalue weighted by Gasteiger charge is 2.39. The number of para-hydroxylation sites is 1. The highest BCUT2D eigenvalue weighted by atomic mass is 19.4. The first-order valence-corrected chi connectivity index (χ1v) is 6.29. The number of benzene rings is 2. The van der Waals surface area contributed by atoms with Crippen LogP contribution in [0.2, 0.25) is 0 Å². The molecule has 1 aromatic rings. The number of hydrogen-bond donors (Lipinski definition) is 2. The lowest BCUT2D eigenvalue weighted by atomic mass is 10.0. The third-order valence-electron chi connectivity index (χ3n) is 3.23. The van der Waals surface area contributed by atoms with Crippen molar-refractivity contribution < 1.29 is 18.0 Å². The van der Waals surface area contributed by atoms with E-state index >= 15 is 0 Å². The number of halogens is 3. The lowest BCUT2D eigenvalue weighted by Gasteiger charge is -2.11. The maximum atomic E-state index is 12.3. The van der Waals surface area contributed by atoms with E-state index in [-0.39, 0.29) is 5.56 Å². The molecule has 1 heterocycles. The minimum absolute atomic E-state index is 0.207. The maximum absolute atomic E-state index is 12.3. The Morgan fingerprint density at radius 2 is 1.82 bits per heavy atom. The average molecular weight is 306 g/mol. The molecule has 7 heteroatoms. The van der Waals surface area contributed by atoms with E-state index in [0.29, 0.717) is 5.69 Å². The van der Waals surface area contributed by atoms with Gasteiger partial charge in [-0.25, -0.2) is 0 Å². The molecule has 0 fully saturated rings. The summed E-state index contributed by atoms with van der Waals surface area (Å²) in [5.41, 5.74) is 0.407. The number of amides is 1. The summed E-state index contributed by atoms with van der Waals surface area (Å²) in [5.74, 6) is -2.17. The number of anilines is 1. The first-order chi connectivity index (χ1) is 10.4. The van der Waals surface area contributed by atoms with Gasteiger partial charge in [0.15, 0.2) is 0 Å². The number of carbonyl (C=O) groups excluding carboxylic acids is 1. The van der Waals surface area contributed by atoms with E-state index < -0.39 is 23.2 Å². The predicted octanol–water partition coefficient (Wildman–Crippen LogP) is 3.13. The summed E-state index contributed by atoms with van der Waals surface area (Å²) in [7, 11) is 0. The molecular formula is C15H9F3N2O2. The van der Waals surface area contributed by atoms with Crippen LogP contribution < -0.4 is 10.7 Å². The Morgan fingerprint density at radius 3 is 2.55 bits per heavy atom. The number of pyridine rings is 1. The van der Waals surface area contributed by atoms with Gasteiger partial charge in [0, 0.05) is 16.8 Å². The summed E-state index contributed by atoms with van der Waals surface area (Å²) in [5, 5.41) is 2.34. The molecule has 2 aliphatic rings. The number of H-pyrrole nitrogens is 1. The quantitative estimate of drug-likeness (QED) is 0.679. The summed E-state index contributed by atoms with van der Waals surface area (Å²) in [6.07, 6.45) is -5.04. The van der Waals surface area contributed by atoms with Crippen molar-refractivity contribution in [1.82, 2.24) is 4.98 Å². The van der Waals surface area contributed by atoms with Crippen LogP contribution in [0.25, 0.3) is 22.2 Å². The molecule has 22 heavy (non-hydrogen) atoms. The maximum Gasteiger partial charge on any atom is 0.471 e. The van der Waals surface area contributed by atoms with Crippen LogP contribution in [0.1, 0.15) is 0 Å². The zero-order valence-electron chi connectivity index (χ0n) is 11.0. The molecule has 1 amide bonds. The highest BCUT2D eigenvalue weighted by molar-refractivity contribution is 5.96. The number of fused-ring (bicyclic) bond motifs is 2. The van der Waals surface area contributed by atoms with Crippen molar-refractivity contribution in [2.45, 2.75) is 6.18 Å². The highest BCUT2D eigenvalue weighted by Crippen LogP contribution is 2.24. The van der Waals surface area contributed by atoms with Crippen molar-refractivity contribution >= 4 is 22.5 Å². The lowest BCUT2D eigenvalue weighted by Crippen LogP contribution is -2.32. The second kappa shape index (κ2) is 4.87. The fourth-order valence-electron chi connectivity index (χ4n) is 2.18. The van der Waals surface area contributed by atoms with Gasteiger partial charge in [-0.05, 0) is 29.7 Å². The summed E-state index contributed by atoms with van der Waals surface area (Å²) >= 11 is 0. The first-order valence-electron chi connectivity index (χ1n) is 6.29. The summed E-state index contributed by atoms with van der Waals surface area (Å²) in [6, 6.07) is 11.4. The van der Waals surface area contributed by atoms with Crippen LogP contribution in [0.15, 0.2) is 47.3 Å². The fourth-order valence-corrected chi connectivity index (χ4v) is 2.18. The third kappa shape index (κ3) is 2.41. The van der Waals surface area contributed by atoms with Crippen LogP contribution in [-0.4, -0.2) is 17.1 Å². The van der Waals surface area contributed by atoms with Crippen LogP contribution in [0, 0.1) is 0 Å². The third-order valence-corrected chi connectivity index (χ3v) is 3.23. The smallest absolute Gasteiger partial charge is 0.354 e. The largest absolute Gasteiger partial charge is 0.471 e. The molecule has 0 radical (unpaired) electrons. The van der Waals surface area contributed by atoms with Gasteiger partial charge >= 0.3 is 12.1 Å². The van der Waals surface area contributed by atoms with Gasteiger partial charge in [-0.2, -0.15) is 13.2 Å². The monoisotopic (exact) mass is 306 g/mol. The molecule has 112 valence electrons. The minimum atomic E-state index is -5.04. The predicted molar refractivity (Wildman–Crippen MR) is 75.9 cm³/mol. The Balaban J connectivity index is 2.13. The van der Waals surface area contributed by atoms with Crippen molar-refractivity contribution in [3.05, 3.63) is 52.7 Å². The molecule has 3 rings (SSSR count). The molecule has 0 saturated heterocycles. The van der Waals surface area contributed by atoms with Gasteiger partial charge in [0.1, 0.15) is 0 Å². The number of rotatable bonds is 1. The zero-order chi connectivity index (χ0) is 15.9. The van der Waals surface area contributed by atoms with Gasteiger partial charge in [0.2, 0.25) is 5.43 Å². The Hall–Kier alpha value is -2.83. The van der Waals surface area contributed by atoms with Crippen LogP contribution in [0.4, 0.5) is 18.9 Å². The molecule has 0 unspecified atom stereocenters. The van der Waals surface area contributed by atoms with Crippen LogP contribution in [0.5, 0.6) is 0 Å². The first kappa shape index (κ1) is 14.1. The number of aromatic nitrogens is 1. The molecule has 2 N–H and O–H groups in total. The second-order valence-corrected chi connectivity index (χ2v) is 4.71. The molecule has 1 aliphatic carbocycles. The van der Waals surface area contributed by atoms with Crippen molar-refractivity contribution in [2.24, 2.45) is 0 Å². The minimum Gasteiger partial charge on any atom is -0.354 e. The number of aromatic amines is 1. The molecule has 4 nitrogen and oxygen atoms in total. The Morgan fingerprint density at radius 1 is 1.09 bits per heavy atom. The van der Waals surface area contributed by atoms with E-state index in [9.17, 15) is 22.8 Å². The molecule has 0 spiro atoms. The van der Waals surface area contributed by atoms with E-state index in [0.717, 1.165) is 17.0 Å². The number of nitrogens with one attached hydrogen (secondary N) is 2. The average Bonchev–Trinajstić information content (AvgIpc) is 2.47.